The number of imidazole rings is 1. The lowest BCUT2D eigenvalue weighted by molar-refractivity contribution is -0.120. The minimum absolute atomic E-state index is 0.0191. The van der Waals surface area contributed by atoms with Gasteiger partial charge in [0, 0.05) is 24.5 Å². The first-order valence-corrected chi connectivity index (χ1v) is 9.51. The molecule has 0 unspecified atom stereocenters. The minimum atomic E-state index is -0.0191. The second-order valence-electron chi connectivity index (χ2n) is 6.39. The Labute approximate surface area is 159 Å². The quantitative estimate of drug-likeness (QED) is 0.640. The van der Waals surface area contributed by atoms with Crippen LogP contribution < -0.4 is 5.32 Å². The number of nitrogens with one attached hydrogen (secondary N) is 1. The Morgan fingerprint density at radius 2 is 1.92 bits per heavy atom. The van der Waals surface area contributed by atoms with E-state index in [1.165, 1.54) is 5.52 Å². The van der Waals surface area contributed by atoms with Crippen LogP contribution in [-0.2, 0) is 24.2 Å². The van der Waals surface area contributed by atoms with Gasteiger partial charge in [0.1, 0.15) is 5.82 Å². The number of amides is 1. The van der Waals surface area contributed by atoms with Crippen LogP contribution in [0.1, 0.15) is 31.2 Å². The van der Waals surface area contributed by atoms with Crippen LogP contribution in [0.15, 0.2) is 48.5 Å². The lowest BCUT2D eigenvalue weighted by Crippen LogP contribution is -2.28. The summed E-state index contributed by atoms with van der Waals surface area (Å²) in [5.74, 6) is 1.01. The van der Waals surface area contributed by atoms with E-state index in [0.717, 1.165) is 36.3 Å². The summed E-state index contributed by atoms with van der Waals surface area (Å²) >= 11 is 6.12. The fourth-order valence-corrected chi connectivity index (χ4v) is 3.28. The van der Waals surface area contributed by atoms with Crippen molar-refractivity contribution in [3.05, 3.63) is 64.9 Å². The van der Waals surface area contributed by atoms with E-state index in [-0.39, 0.29) is 5.91 Å². The SMILES string of the molecule is CCCCn1c(CCNC(=O)Cc2ccccc2Cl)nc2ccccc21. The molecule has 0 saturated heterocycles. The van der Waals surface area contributed by atoms with Gasteiger partial charge in [0.15, 0.2) is 0 Å². The van der Waals surface area contributed by atoms with E-state index in [1.54, 1.807) is 6.07 Å². The molecule has 1 amide bonds. The van der Waals surface area contributed by atoms with Crippen molar-refractivity contribution >= 4 is 28.5 Å². The van der Waals surface area contributed by atoms with E-state index in [0.29, 0.717) is 24.4 Å². The number of aryl methyl sites for hydroxylation is 1. The molecule has 0 bridgehead atoms. The number of halogens is 1. The van der Waals surface area contributed by atoms with Crippen molar-refractivity contribution in [2.45, 2.75) is 39.2 Å². The van der Waals surface area contributed by atoms with Crippen LogP contribution in [0.5, 0.6) is 0 Å². The Hall–Kier alpha value is -2.33. The van der Waals surface area contributed by atoms with E-state index in [4.69, 9.17) is 16.6 Å². The molecule has 3 rings (SSSR count). The average molecular weight is 370 g/mol. The summed E-state index contributed by atoms with van der Waals surface area (Å²) in [5, 5.41) is 3.61. The molecular formula is C21H24ClN3O. The highest BCUT2D eigenvalue weighted by Gasteiger charge is 2.11. The van der Waals surface area contributed by atoms with Crippen molar-refractivity contribution in [2.75, 3.05) is 6.54 Å². The van der Waals surface area contributed by atoms with Crippen LogP contribution in [0.25, 0.3) is 11.0 Å². The van der Waals surface area contributed by atoms with E-state index in [1.807, 2.05) is 36.4 Å². The number of aromatic nitrogens is 2. The summed E-state index contributed by atoms with van der Waals surface area (Å²) in [5.41, 5.74) is 3.03. The number of nitrogens with zero attached hydrogens (tertiary/aromatic N) is 2. The molecule has 136 valence electrons. The molecule has 0 aliphatic rings. The van der Waals surface area contributed by atoms with Gasteiger partial charge >= 0.3 is 0 Å². The lowest BCUT2D eigenvalue weighted by Gasteiger charge is -2.10. The maximum absolute atomic E-state index is 12.2. The molecule has 0 spiro atoms. The molecule has 26 heavy (non-hydrogen) atoms. The standard InChI is InChI=1S/C21H24ClN3O/c1-2-3-14-25-19-11-7-6-10-18(19)24-20(25)12-13-23-21(26)15-16-8-4-5-9-17(16)22/h4-11H,2-3,12-15H2,1H3,(H,23,26). The van der Waals surface area contributed by atoms with Crippen LogP contribution >= 0.6 is 11.6 Å². The number of unbranched alkanes of at least 4 members (excludes halogenated alkanes) is 1. The molecule has 0 atom stereocenters. The molecule has 3 aromatic rings. The van der Waals surface area contributed by atoms with Crippen molar-refractivity contribution in [2.24, 2.45) is 0 Å². The second kappa shape index (κ2) is 8.86. The number of fused-ring (bicyclic) bond motifs is 1. The van der Waals surface area contributed by atoms with Crippen molar-refractivity contribution < 1.29 is 4.79 Å². The number of hydrogen-bond acceptors (Lipinski definition) is 2. The van der Waals surface area contributed by atoms with Gasteiger partial charge in [0.25, 0.3) is 0 Å². The molecule has 0 fully saturated rings. The highest BCUT2D eigenvalue weighted by Crippen LogP contribution is 2.18. The molecule has 0 saturated carbocycles. The Morgan fingerprint density at radius 1 is 1.15 bits per heavy atom. The third kappa shape index (κ3) is 4.44. The normalized spacial score (nSPS) is 11.0. The minimum Gasteiger partial charge on any atom is -0.355 e. The van der Waals surface area contributed by atoms with Gasteiger partial charge in [0.2, 0.25) is 5.91 Å². The van der Waals surface area contributed by atoms with Crippen molar-refractivity contribution in [1.29, 1.82) is 0 Å². The van der Waals surface area contributed by atoms with Crippen LogP contribution in [0.2, 0.25) is 5.02 Å². The molecule has 4 nitrogen and oxygen atoms in total. The highest BCUT2D eigenvalue weighted by atomic mass is 35.5. The van der Waals surface area contributed by atoms with Gasteiger partial charge in [-0.15, -0.1) is 0 Å². The maximum atomic E-state index is 12.2. The van der Waals surface area contributed by atoms with E-state index in [2.05, 4.69) is 22.9 Å². The molecule has 2 aromatic carbocycles. The van der Waals surface area contributed by atoms with E-state index in [9.17, 15) is 4.79 Å². The number of carbonyl (C=O) groups excluding carboxylic acids is 1. The third-order valence-electron chi connectivity index (χ3n) is 4.45. The lowest BCUT2D eigenvalue weighted by atomic mass is 10.1. The van der Waals surface area contributed by atoms with Gasteiger partial charge in [-0.1, -0.05) is 55.3 Å². The average Bonchev–Trinajstić information content (AvgIpc) is 2.99. The molecular weight excluding hydrogens is 346 g/mol. The van der Waals surface area contributed by atoms with Crippen LogP contribution in [0.4, 0.5) is 0 Å². The second-order valence-corrected chi connectivity index (χ2v) is 6.80. The molecule has 1 aromatic heterocycles. The molecule has 1 heterocycles. The fourth-order valence-electron chi connectivity index (χ4n) is 3.07. The smallest absolute Gasteiger partial charge is 0.224 e. The zero-order chi connectivity index (χ0) is 18.4. The zero-order valence-corrected chi connectivity index (χ0v) is 15.8. The largest absolute Gasteiger partial charge is 0.355 e. The van der Waals surface area contributed by atoms with E-state index < -0.39 is 0 Å². The number of para-hydroxylation sites is 2. The number of carbonyl (C=O) groups is 1. The Bertz CT molecular complexity index is 888. The van der Waals surface area contributed by atoms with Crippen LogP contribution in [0.3, 0.4) is 0 Å². The number of rotatable bonds is 8. The van der Waals surface area contributed by atoms with Crippen LogP contribution in [-0.4, -0.2) is 22.0 Å². The predicted molar refractivity (Wildman–Crippen MR) is 107 cm³/mol. The van der Waals surface area contributed by atoms with Crippen molar-refractivity contribution in [1.82, 2.24) is 14.9 Å². The summed E-state index contributed by atoms with van der Waals surface area (Å²) < 4.78 is 2.28. The van der Waals surface area contributed by atoms with Crippen molar-refractivity contribution in [3.63, 3.8) is 0 Å². The summed E-state index contributed by atoms with van der Waals surface area (Å²) in [6, 6.07) is 15.6. The molecule has 5 heteroatoms. The molecule has 0 radical (unpaired) electrons. The third-order valence-corrected chi connectivity index (χ3v) is 4.82. The fraction of sp³-hybridized carbons (Fsp3) is 0.333. The highest BCUT2D eigenvalue weighted by molar-refractivity contribution is 6.31. The van der Waals surface area contributed by atoms with Gasteiger partial charge < -0.3 is 9.88 Å². The van der Waals surface area contributed by atoms with Gasteiger partial charge in [-0.05, 0) is 30.2 Å². The summed E-state index contributed by atoms with van der Waals surface area (Å²) in [6.45, 7) is 3.71. The molecule has 0 aliphatic carbocycles. The van der Waals surface area contributed by atoms with Gasteiger partial charge in [-0.2, -0.15) is 0 Å². The first kappa shape index (κ1) is 18.5. The molecule has 1 N–H and O–H groups in total. The summed E-state index contributed by atoms with van der Waals surface area (Å²) in [4.78, 5) is 16.9. The number of benzene rings is 2. The van der Waals surface area contributed by atoms with E-state index >= 15 is 0 Å². The summed E-state index contributed by atoms with van der Waals surface area (Å²) in [7, 11) is 0. The van der Waals surface area contributed by atoms with Crippen molar-refractivity contribution in [3.8, 4) is 0 Å². The first-order valence-electron chi connectivity index (χ1n) is 9.13. The first-order chi connectivity index (χ1) is 12.7. The monoisotopic (exact) mass is 369 g/mol. The molecule has 0 aliphatic heterocycles. The van der Waals surface area contributed by atoms with Gasteiger partial charge in [-0.3, -0.25) is 4.79 Å². The zero-order valence-electron chi connectivity index (χ0n) is 15.0. The predicted octanol–water partition coefficient (Wildman–Crippen LogP) is 4.39. The number of hydrogen-bond donors (Lipinski definition) is 1. The topological polar surface area (TPSA) is 46.9 Å². The summed E-state index contributed by atoms with van der Waals surface area (Å²) in [6.07, 6.45) is 3.27. The van der Waals surface area contributed by atoms with Crippen LogP contribution in [0, 0.1) is 0 Å². The Kier molecular flexibility index (Phi) is 6.29. The van der Waals surface area contributed by atoms with Gasteiger partial charge in [-0.25, -0.2) is 4.98 Å². The Balaban J connectivity index is 1.62. The Morgan fingerprint density at radius 3 is 2.73 bits per heavy atom. The maximum Gasteiger partial charge on any atom is 0.224 e. The van der Waals surface area contributed by atoms with Gasteiger partial charge in [0.05, 0.1) is 17.5 Å².